The van der Waals surface area contributed by atoms with Crippen LogP contribution in [-0.4, -0.2) is 68.5 Å². The fraction of sp³-hybridized carbons (Fsp3) is 0.850. The first-order valence-corrected chi connectivity index (χ1v) is 31.0. The van der Waals surface area contributed by atoms with Crippen molar-refractivity contribution in [2.45, 2.75) is 289 Å². The molecule has 0 saturated carbocycles. The number of aliphatic hydroxyl groups excluding tert-OH is 1. The third-order valence-corrected chi connectivity index (χ3v) is 14.2. The van der Waals surface area contributed by atoms with Crippen molar-refractivity contribution < 1.29 is 32.9 Å². The van der Waals surface area contributed by atoms with Crippen molar-refractivity contribution >= 4 is 13.7 Å². The number of quaternary nitrogens is 1. The number of unbranched alkanes of at least 4 members (excludes halogenated alkanes) is 35. The molecular weight excluding hydrogens is 876 g/mol. The van der Waals surface area contributed by atoms with Crippen molar-refractivity contribution in [1.82, 2.24) is 5.32 Å². The van der Waals surface area contributed by atoms with Gasteiger partial charge in [-0.2, -0.15) is 0 Å². The number of nitrogens with one attached hydrogen (secondary N) is 1. The van der Waals surface area contributed by atoms with E-state index >= 15 is 0 Å². The molecule has 0 saturated heterocycles. The molecule has 8 nitrogen and oxygen atoms in total. The first-order valence-electron chi connectivity index (χ1n) is 29.5. The molecule has 9 heteroatoms. The molecule has 0 radical (unpaired) electrons. The van der Waals surface area contributed by atoms with E-state index in [-0.39, 0.29) is 12.5 Å². The zero-order valence-electron chi connectivity index (χ0n) is 46.3. The Balaban J connectivity index is 4.25. The van der Waals surface area contributed by atoms with E-state index in [0.717, 1.165) is 44.9 Å². The largest absolute Gasteiger partial charge is 0.756 e. The van der Waals surface area contributed by atoms with Crippen LogP contribution in [0.3, 0.4) is 0 Å². The summed E-state index contributed by atoms with van der Waals surface area (Å²) in [7, 11) is 1.24. The molecule has 0 heterocycles. The van der Waals surface area contributed by atoms with E-state index in [1.807, 2.05) is 27.2 Å². The van der Waals surface area contributed by atoms with Crippen LogP contribution in [0.2, 0.25) is 0 Å². The maximum absolute atomic E-state index is 13.0. The summed E-state index contributed by atoms with van der Waals surface area (Å²) in [4.78, 5) is 25.5. The van der Waals surface area contributed by atoms with E-state index in [9.17, 15) is 19.4 Å². The van der Waals surface area contributed by atoms with Crippen molar-refractivity contribution in [3.8, 4) is 0 Å². The number of hydrogen-bond donors (Lipinski definition) is 2. The minimum absolute atomic E-state index is 0.00949. The van der Waals surface area contributed by atoms with Crippen molar-refractivity contribution in [2.75, 3.05) is 40.9 Å². The highest BCUT2D eigenvalue weighted by atomic mass is 31.2. The van der Waals surface area contributed by atoms with Crippen LogP contribution in [0.5, 0.6) is 0 Å². The number of likely N-dealkylation sites (N-methyl/N-ethyl adjacent to an activating group) is 1. The number of hydrogen-bond acceptors (Lipinski definition) is 6. The van der Waals surface area contributed by atoms with Crippen LogP contribution in [0.4, 0.5) is 0 Å². The van der Waals surface area contributed by atoms with Crippen LogP contribution in [0, 0.1) is 0 Å². The highest BCUT2D eigenvalue weighted by molar-refractivity contribution is 7.45. The Kier molecular flexibility index (Phi) is 50.2. The number of amides is 1. The zero-order chi connectivity index (χ0) is 50.6. The number of rotatable bonds is 54. The van der Waals surface area contributed by atoms with Crippen LogP contribution in [0.25, 0.3) is 0 Å². The zero-order valence-corrected chi connectivity index (χ0v) is 47.2. The second-order valence-corrected chi connectivity index (χ2v) is 22.7. The van der Waals surface area contributed by atoms with Crippen molar-refractivity contribution in [3.05, 3.63) is 48.6 Å². The molecule has 3 unspecified atom stereocenters. The van der Waals surface area contributed by atoms with Crippen molar-refractivity contribution in [2.24, 2.45) is 0 Å². The van der Waals surface area contributed by atoms with Crippen LogP contribution in [-0.2, 0) is 18.4 Å². The molecule has 0 bridgehead atoms. The molecule has 69 heavy (non-hydrogen) atoms. The average molecular weight is 992 g/mol. The molecule has 0 aromatic heterocycles. The summed E-state index contributed by atoms with van der Waals surface area (Å²) < 4.78 is 23.3. The van der Waals surface area contributed by atoms with Gasteiger partial charge in [0.25, 0.3) is 7.82 Å². The van der Waals surface area contributed by atoms with Gasteiger partial charge in [-0.1, -0.05) is 249 Å². The monoisotopic (exact) mass is 991 g/mol. The number of allylic oxidation sites excluding steroid dienone is 7. The van der Waals surface area contributed by atoms with Gasteiger partial charge < -0.3 is 28.8 Å². The Morgan fingerprint density at radius 1 is 0.493 bits per heavy atom. The Bertz CT molecular complexity index is 1260. The lowest BCUT2D eigenvalue weighted by Gasteiger charge is -2.29. The summed E-state index contributed by atoms with van der Waals surface area (Å²) in [5.41, 5.74) is 0. The van der Waals surface area contributed by atoms with E-state index in [1.165, 1.54) is 212 Å². The average Bonchev–Trinajstić information content (AvgIpc) is 3.31. The third-order valence-electron chi connectivity index (χ3n) is 13.2. The Hall–Kier alpha value is -1.54. The van der Waals surface area contributed by atoms with Crippen LogP contribution >= 0.6 is 7.82 Å². The molecule has 3 atom stereocenters. The molecule has 0 aliphatic carbocycles. The van der Waals surface area contributed by atoms with Gasteiger partial charge in [0.15, 0.2) is 0 Å². The second-order valence-electron chi connectivity index (χ2n) is 21.3. The fourth-order valence-corrected chi connectivity index (χ4v) is 9.32. The maximum Gasteiger partial charge on any atom is 0.268 e. The number of carbonyl (C=O) groups is 1. The molecule has 0 fully saturated rings. The number of phosphoric acid groups is 1. The SMILES string of the molecule is CCCCCCCCCCCCC/C=C/CC/C=C/CC/C=C/C(O)C(COP(=O)([O-])OCC[N+](C)(C)C)NC(=O)CCCCCCCCCCCC/C=C\CCCCCCCCCCCCCC. The van der Waals surface area contributed by atoms with Crippen molar-refractivity contribution in [3.63, 3.8) is 0 Å². The summed E-state index contributed by atoms with van der Waals surface area (Å²) >= 11 is 0. The Labute approximate surface area is 429 Å². The molecule has 0 aliphatic rings. The van der Waals surface area contributed by atoms with Gasteiger partial charge in [0.1, 0.15) is 13.2 Å². The molecule has 0 spiro atoms. The first-order chi connectivity index (χ1) is 33.5. The summed E-state index contributed by atoms with van der Waals surface area (Å²) in [6.45, 7) is 4.65. The number of aliphatic hydroxyl groups is 1. The lowest BCUT2D eigenvalue weighted by molar-refractivity contribution is -0.870. The minimum atomic E-state index is -4.61. The molecule has 0 aliphatic heterocycles. The van der Waals surface area contributed by atoms with Gasteiger partial charge in [-0.25, -0.2) is 0 Å². The smallest absolute Gasteiger partial charge is 0.268 e. The first kappa shape index (κ1) is 67.5. The van der Waals surface area contributed by atoms with Crippen molar-refractivity contribution in [1.29, 1.82) is 0 Å². The van der Waals surface area contributed by atoms with Gasteiger partial charge >= 0.3 is 0 Å². The van der Waals surface area contributed by atoms with Gasteiger partial charge in [0.05, 0.1) is 39.9 Å². The standard InChI is InChI=1S/C60H115N2O6P/c1-6-8-10-12-14-16-18-20-22-24-26-28-29-30-31-32-34-36-38-40-42-44-46-48-50-52-54-60(64)61-58(57-68-69(65,66)67-56-55-62(3,4)5)59(63)53-51-49-47-45-43-41-39-37-35-33-27-25-23-21-19-17-15-13-11-9-7-2/h30-31,35,37,43,45,51,53,58-59,63H,6-29,32-34,36,38-42,44,46-50,52,54-57H2,1-5H3,(H-,61,64,65,66)/b31-30-,37-35+,45-43+,53-51+. The third kappa shape index (κ3) is 54.1. The molecule has 1 amide bonds. The topological polar surface area (TPSA) is 108 Å². The normalized spacial score (nSPS) is 14.2. The summed E-state index contributed by atoms with van der Waals surface area (Å²) in [6, 6.07) is -0.912. The summed E-state index contributed by atoms with van der Waals surface area (Å²) in [5.74, 6) is -0.210. The Morgan fingerprint density at radius 3 is 1.17 bits per heavy atom. The van der Waals surface area contributed by atoms with Gasteiger partial charge in [-0.15, -0.1) is 0 Å². The second kappa shape index (κ2) is 51.4. The highest BCUT2D eigenvalue weighted by Gasteiger charge is 2.23. The van der Waals surface area contributed by atoms with E-state index in [0.29, 0.717) is 17.4 Å². The molecular formula is C60H115N2O6P. The maximum atomic E-state index is 13.0. The summed E-state index contributed by atoms with van der Waals surface area (Å²) in [5, 5.41) is 13.9. The Morgan fingerprint density at radius 2 is 0.812 bits per heavy atom. The number of nitrogens with zero attached hydrogens (tertiary/aromatic N) is 1. The number of carbonyl (C=O) groups excluding carboxylic acids is 1. The van der Waals surface area contributed by atoms with Crippen LogP contribution < -0.4 is 10.2 Å². The highest BCUT2D eigenvalue weighted by Crippen LogP contribution is 2.38. The van der Waals surface area contributed by atoms with Crippen LogP contribution in [0.15, 0.2) is 48.6 Å². The number of phosphoric ester groups is 1. The lowest BCUT2D eigenvalue weighted by Crippen LogP contribution is -2.45. The summed E-state index contributed by atoms with van der Waals surface area (Å²) in [6.07, 6.45) is 67.7. The molecule has 0 rings (SSSR count). The lowest BCUT2D eigenvalue weighted by atomic mass is 10.0. The van der Waals surface area contributed by atoms with E-state index < -0.39 is 26.6 Å². The van der Waals surface area contributed by atoms with Gasteiger partial charge in [0.2, 0.25) is 5.91 Å². The van der Waals surface area contributed by atoms with Gasteiger partial charge in [-0.05, 0) is 70.6 Å². The molecule has 0 aromatic carbocycles. The molecule has 2 N–H and O–H groups in total. The fourth-order valence-electron chi connectivity index (χ4n) is 8.59. The molecule has 0 aromatic rings. The van der Waals surface area contributed by atoms with Gasteiger partial charge in [-0.3, -0.25) is 9.36 Å². The predicted molar refractivity (Wildman–Crippen MR) is 298 cm³/mol. The predicted octanol–water partition coefficient (Wildman–Crippen LogP) is 17.3. The van der Waals surface area contributed by atoms with Gasteiger partial charge in [0, 0.05) is 6.42 Å². The van der Waals surface area contributed by atoms with Crippen LogP contribution in [0.1, 0.15) is 277 Å². The quantitative estimate of drug-likeness (QED) is 0.0272. The molecule has 406 valence electrons. The van der Waals surface area contributed by atoms with E-state index in [4.69, 9.17) is 9.05 Å². The van der Waals surface area contributed by atoms with E-state index in [1.54, 1.807) is 6.08 Å². The van der Waals surface area contributed by atoms with E-state index in [2.05, 4.69) is 55.6 Å². The minimum Gasteiger partial charge on any atom is -0.756 e.